The molecule has 0 spiro atoms. The molecule has 0 bridgehead atoms. The first-order valence-electron chi connectivity index (χ1n) is 9.95. The number of anilines is 1. The minimum absolute atomic E-state index is 0.0219. The molecule has 0 unspecified atom stereocenters. The average molecular weight is 486 g/mol. The Balaban J connectivity index is 1.61. The van der Waals surface area contributed by atoms with Crippen molar-refractivity contribution in [1.82, 2.24) is 9.62 Å². The van der Waals surface area contributed by atoms with E-state index in [1.54, 1.807) is 11.8 Å². The first-order chi connectivity index (χ1) is 14.7. The Bertz CT molecular complexity index is 1040. The zero-order valence-corrected chi connectivity index (χ0v) is 19.7. The number of carbonyl (C=O) groups excluding carboxylic acids is 1. The van der Waals surface area contributed by atoms with Gasteiger partial charge >= 0.3 is 0 Å². The van der Waals surface area contributed by atoms with E-state index < -0.39 is 16.1 Å². The van der Waals surface area contributed by atoms with Crippen molar-refractivity contribution in [2.45, 2.75) is 24.8 Å². The van der Waals surface area contributed by atoms with Crippen molar-refractivity contribution in [3.8, 4) is 5.75 Å². The summed E-state index contributed by atoms with van der Waals surface area (Å²) >= 11 is 12.2. The molecule has 2 aromatic carbocycles. The van der Waals surface area contributed by atoms with E-state index in [2.05, 4.69) is 9.62 Å². The third-order valence-electron chi connectivity index (χ3n) is 4.98. The van der Waals surface area contributed by atoms with Crippen LogP contribution in [0.2, 0.25) is 10.0 Å². The highest BCUT2D eigenvalue weighted by atomic mass is 35.5. The fourth-order valence-electron chi connectivity index (χ4n) is 3.40. The summed E-state index contributed by atoms with van der Waals surface area (Å²) in [6.45, 7) is 6.03. The molecular formula is C21H25Cl2N3O4S. The number of ether oxygens (including phenoxy) is 1. The van der Waals surface area contributed by atoms with Crippen LogP contribution in [0.15, 0.2) is 47.4 Å². The van der Waals surface area contributed by atoms with Crippen molar-refractivity contribution in [3.63, 3.8) is 0 Å². The van der Waals surface area contributed by atoms with E-state index in [1.165, 1.54) is 18.2 Å². The number of amides is 1. The predicted molar refractivity (Wildman–Crippen MR) is 123 cm³/mol. The summed E-state index contributed by atoms with van der Waals surface area (Å²) in [6.07, 6.45) is 0. The van der Waals surface area contributed by atoms with E-state index in [0.29, 0.717) is 43.6 Å². The van der Waals surface area contributed by atoms with E-state index in [0.717, 1.165) is 5.69 Å². The van der Waals surface area contributed by atoms with Crippen LogP contribution < -0.4 is 14.4 Å². The van der Waals surface area contributed by atoms with E-state index >= 15 is 0 Å². The Morgan fingerprint density at radius 1 is 1.13 bits per heavy atom. The van der Waals surface area contributed by atoms with Gasteiger partial charge < -0.3 is 14.5 Å². The van der Waals surface area contributed by atoms with Gasteiger partial charge in [0.25, 0.3) is 0 Å². The number of hydrogen-bond acceptors (Lipinski definition) is 5. The highest BCUT2D eigenvalue weighted by Gasteiger charge is 2.28. The molecule has 1 aliphatic rings. The molecule has 1 fully saturated rings. The van der Waals surface area contributed by atoms with Gasteiger partial charge in [0, 0.05) is 36.9 Å². The molecule has 1 heterocycles. The molecule has 31 heavy (non-hydrogen) atoms. The van der Waals surface area contributed by atoms with Crippen molar-refractivity contribution in [2.24, 2.45) is 0 Å². The Morgan fingerprint density at radius 2 is 1.84 bits per heavy atom. The fourth-order valence-corrected chi connectivity index (χ4v) is 5.11. The first kappa shape index (κ1) is 23.7. The minimum Gasteiger partial charge on any atom is -0.492 e. The van der Waals surface area contributed by atoms with Crippen LogP contribution in [0.3, 0.4) is 0 Å². The predicted octanol–water partition coefficient (Wildman–Crippen LogP) is 3.41. The summed E-state index contributed by atoms with van der Waals surface area (Å²) in [5.41, 5.74) is 1.00. The number of carbonyl (C=O) groups is 1. The lowest BCUT2D eigenvalue weighted by Crippen LogP contribution is -2.54. The summed E-state index contributed by atoms with van der Waals surface area (Å²) in [5.74, 6) is 0.135. The third-order valence-corrected chi connectivity index (χ3v) is 7.05. The normalized spacial score (nSPS) is 15.6. The summed E-state index contributed by atoms with van der Waals surface area (Å²) < 4.78 is 33.2. The van der Waals surface area contributed by atoms with E-state index in [-0.39, 0.29) is 15.8 Å². The summed E-state index contributed by atoms with van der Waals surface area (Å²) in [7, 11) is -3.92. The molecule has 1 atom stereocenters. The number of nitrogens with zero attached hydrogens (tertiary/aromatic N) is 2. The number of hydrogen-bond donors (Lipinski definition) is 1. The summed E-state index contributed by atoms with van der Waals surface area (Å²) in [6, 6.07) is 10.9. The van der Waals surface area contributed by atoms with Gasteiger partial charge in [0.15, 0.2) is 0 Å². The van der Waals surface area contributed by atoms with Gasteiger partial charge in [0.1, 0.15) is 5.75 Å². The van der Waals surface area contributed by atoms with Crippen LogP contribution in [0.25, 0.3) is 0 Å². The van der Waals surface area contributed by atoms with Gasteiger partial charge in [-0.05, 0) is 50.2 Å². The molecule has 2 aromatic rings. The molecule has 0 aliphatic carbocycles. The smallest absolute Gasteiger partial charge is 0.241 e. The number of rotatable bonds is 7. The van der Waals surface area contributed by atoms with E-state index in [9.17, 15) is 13.2 Å². The van der Waals surface area contributed by atoms with Crippen LogP contribution in [-0.2, 0) is 14.8 Å². The maximum absolute atomic E-state index is 12.8. The standard InChI is InChI=1S/C21H25Cl2N3O4S/c1-3-30-20-8-7-18(14-19(20)23)31(28,29)24-15(2)21(27)26-11-9-25(10-12-26)17-6-4-5-16(22)13-17/h4-8,13-15,24H,3,9-12H2,1-2H3/t15-/m1/s1. The van der Waals surface area contributed by atoms with Crippen LogP contribution >= 0.6 is 23.2 Å². The summed E-state index contributed by atoms with van der Waals surface area (Å²) in [4.78, 5) is 16.6. The van der Waals surface area contributed by atoms with Crippen molar-refractivity contribution >= 4 is 44.8 Å². The number of nitrogens with one attached hydrogen (secondary N) is 1. The fraction of sp³-hybridized carbons (Fsp3) is 0.381. The van der Waals surface area contributed by atoms with Gasteiger partial charge in [-0.3, -0.25) is 4.79 Å². The molecule has 1 N–H and O–H groups in total. The number of sulfonamides is 1. The number of piperazine rings is 1. The quantitative estimate of drug-likeness (QED) is 0.649. The minimum atomic E-state index is -3.92. The highest BCUT2D eigenvalue weighted by molar-refractivity contribution is 7.89. The SMILES string of the molecule is CCOc1ccc(S(=O)(=O)N[C@H](C)C(=O)N2CCN(c3cccc(Cl)c3)CC2)cc1Cl. The first-order valence-corrected chi connectivity index (χ1v) is 12.2. The average Bonchev–Trinajstić information content (AvgIpc) is 2.74. The summed E-state index contributed by atoms with van der Waals surface area (Å²) in [5, 5.41) is 0.856. The molecule has 7 nitrogen and oxygen atoms in total. The second-order valence-electron chi connectivity index (χ2n) is 7.16. The lowest BCUT2D eigenvalue weighted by molar-refractivity contribution is -0.132. The molecule has 0 aromatic heterocycles. The Labute approximate surface area is 192 Å². The monoisotopic (exact) mass is 485 g/mol. The molecule has 1 saturated heterocycles. The molecule has 0 radical (unpaired) electrons. The van der Waals surface area contributed by atoms with Crippen LogP contribution in [0, 0.1) is 0 Å². The van der Waals surface area contributed by atoms with Gasteiger partial charge in [-0.15, -0.1) is 0 Å². The number of benzene rings is 2. The van der Waals surface area contributed by atoms with Gasteiger partial charge in [0.2, 0.25) is 15.9 Å². The molecule has 0 saturated carbocycles. The second kappa shape index (κ2) is 10.1. The Hall–Kier alpha value is -2.00. The van der Waals surface area contributed by atoms with Crippen LogP contribution in [-0.4, -0.2) is 58.1 Å². The maximum Gasteiger partial charge on any atom is 0.241 e. The Kier molecular flexibility index (Phi) is 7.69. The van der Waals surface area contributed by atoms with Crippen molar-refractivity contribution in [2.75, 3.05) is 37.7 Å². The van der Waals surface area contributed by atoms with Gasteiger partial charge in [-0.25, -0.2) is 8.42 Å². The maximum atomic E-state index is 12.8. The topological polar surface area (TPSA) is 78.9 Å². The lowest BCUT2D eigenvalue weighted by Gasteiger charge is -2.37. The lowest BCUT2D eigenvalue weighted by atomic mass is 10.2. The van der Waals surface area contributed by atoms with Crippen molar-refractivity contribution in [3.05, 3.63) is 52.5 Å². The van der Waals surface area contributed by atoms with Gasteiger partial charge in [-0.2, -0.15) is 4.72 Å². The van der Waals surface area contributed by atoms with Gasteiger partial charge in [-0.1, -0.05) is 29.3 Å². The van der Waals surface area contributed by atoms with E-state index in [1.807, 2.05) is 31.2 Å². The zero-order chi connectivity index (χ0) is 22.6. The zero-order valence-electron chi connectivity index (χ0n) is 17.3. The van der Waals surface area contributed by atoms with E-state index in [4.69, 9.17) is 27.9 Å². The molecular weight excluding hydrogens is 461 g/mol. The van der Waals surface area contributed by atoms with Crippen molar-refractivity contribution in [1.29, 1.82) is 0 Å². The molecule has 1 amide bonds. The van der Waals surface area contributed by atoms with Crippen LogP contribution in [0.1, 0.15) is 13.8 Å². The molecule has 1 aliphatic heterocycles. The van der Waals surface area contributed by atoms with Crippen LogP contribution in [0.4, 0.5) is 5.69 Å². The van der Waals surface area contributed by atoms with Gasteiger partial charge in [0.05, 0.1) is 22.6 Å². The Morgan fingerprint density at radius 3 is 2.45 bits per heavy atom. The van der Waals surface area contributed by atoms with Crippen LogP contribution in [0.5, 0.6) is 5.75 Å². The largest absolute Gasteiger partial charge is 0.492 e. The molecule has 3 rings (SSSR count). The van der Waals surface area contributed by atoms with Crippen molar-refractivity contribution < 1.29 is 17.9 Å². The number of halogens is 2. The second-order valence-corrected chi connectivity index (χ2v) is 9.72. The third kappa shape index (κ3) is 5.83. The molecule has 10 heteroatoms. The molecule has 168 valence electrons. The highest BCUT2D eigenvalue weighted by Crippen LogP contribution is 2.27.